The smallest absolute Gasteiger partial charge is 0.257 e. The summed E-state index contributed by atoms with van der Waals surface area (Å²) >= 11 is 1.45. The molecule has 2 aromatic carbocycles. The van der Waals surface area contributed by atoms with Gasteiger partial charge in [0.25, 0.3) is 5.91 Å². The van der Waals surface area contributed by atoms with Crippen LogP contribution in [0, 0.1) is 0 Å². The molecular weight excluding hydrogens is 374 g/mol. The molecule has 0 aliphatic carbocycles. The maximum atomic E-state index is 12.6. The van der Waals surface area contributed by atoms with E-state index >= 15 is 0 Å². The van der Waals surface area contributed by atoms with E-state index in [4.69, 9.17) is 9.47 Å². The van der Waals surface area contributed by atoms with Gasteiger partial charge in [0.05, 0.1) is 30.0 Å². The van der Waals surface area contributed by atoms with Crippen LogP contribution in [0.4, 0.5) is 10.8 Å². The summed E-state index contributed by atoms with van der Waals surface area (Å²) in [6, 6.07) is 13.5. The summed E-state index contributed by atoms with van der Waals surface area (Å²) in [6.07, 6.45) is 0.965. The molecule has 2 heterocycles. The van der Waals surface area contributed by atoms with Crippen LogP contribution in [0.5, 0.6) is 5.75 Å². The SMILES string of the molecule is CCCOc1ccc2nc(NC(=O)c3ccc(N4CCOCC4)cc3)sc2c1. The van der Waals surface area contributed by atoms with Gasteiger partial charge < -0.3 is 14.4 Å². The molecule has 6 nitrogen and oxygen atoms in total. The van der Waals surface area contributed by atoms with Crippen LogP contribution in [0.2, 0.25) is 0 Å². The normalized spacial score (nSPS) is 14.2. The van der Waals surface area contributed by atoms with Crippen LogP contribution in [0.1, 0.15) is 23.7 Å². The van der Waals surface area contributed by atoms with Crippen molar-refractivity contribution in [2.45, 2.75) is 13.3 Å². The van der Waals surface area contributed by atoms with Crippen molar-refractivity contribution in [3.8, 4) is 5.75 Å². The second kappa shape index (κ2) is 8.58. The Kier molecular flexibility index (Phi) is 5.73. The van der Waals surface area contributed by atoms with Gasteiger partial charge in [0.1, 0.15) is 5.75 Å². The van der Waals surface area contributed by atoms with Crippen molar-refractivity contribution in [2.75, 3.05) is 43.1 Å². The van der Waals surface area contributed by atoms with Crippen molar-refractivity contribution in [2.24, 2.45) is 0 Å². The van der Waals surface area contributed by atoms with Crippen LogP contribution in [0.15, 0.2) is 42.5 Å². The molecule has 0 unspecified atom stereocenters. The molecule has 0 atom stereocenters. The highest BCUT2D eigenvalue weighted by Gasteiger charge is 2.14. The first-order valence-electron chi connectivity index (χ1n) is 9.50. The van der Waals surface area contributed by atoms with Gasteiger partial charge in [0.15, 0.2) is 5.13 Å². The zero-order chi connectivity index (χ0) is 19.3. The third kappa shape index (κ3) is 4.26. The van der Waals surface area contributed by atoms with E-state index in [0.717, 1.165) is 54.4 Å². The van der Waals surface area contributed by atoms with Crippen LogP contribution in [0.25, 0.3) is 10.2 Å². The Morgan fingerprint density at radius 3 is 2.75 bits per heavy atom. The maximum Gasteiger partial charge on any atom is 0.257 e. The number of nitrogens with zero attached hydrogens (tertiary/aromatic N) is 2. The number of thiazole rings is 1. The minimum absolute atomic E-state index is 0.157. The van der Waals surface area contributed by atoms with Crippen molar-refractivity contribution < 1.29 is 14.3 Å². The predicted octanol–water partition coefficient (Wildman–Crippen LogP) is 4.17. The van der Waals surface area contributed by atoms with E-state index in [2.05, 4.69) is 22.1 Å². The monoisotopic (exact) mass is 397 g/mol. The van der Waals surface area contributed by atoms with Crippen molar-refractivity contribution in [1.29, 1.82) is 0 Å². The number of morpholine rings is 1. The van der Waals surface area contributed by atoms with Crippen LogP contribution < -0.4 is 15.0 Å². The fraction of sp³-hybridized carbons (Fsp3) is 0.333. The van der Waals surface area contributed by atoms with Gasteiger partial charge >= 0.3 is 0 Å². The molecule has 1 aliphatic rings. The van der Waals surface area contributed by atoms with E-state index in [1.54, 1.807) is 0 Å². The van der Waals surface area contributed by atoms with Gasteiger partial charge in [-0.25, -0.2) is 4.98 Å². The number of amides is 1. The summed E-state index contributed by atoms with van der Waals surface area (Å²) in [5, 5.41) is 3.49. The summed E-state index contributed by atoms with van der Waals surface area (Å²) in [7, 11) is 0. The number of hydrogen-bond donors (Lipinski definition) is 1. The number of fused-ring (bicyclic) bond motifs is 1. The lowest BCUT2D eigenvalue weighted by atomic mass is 10.2. The second-order valence-corrected chi connectivity index (χ2v) is 7.63. The molecule has 1 aliphatic heterocycles. The number of hydrogen-bond acceptors (Lipinski definition) is 6. The molecule has 0 bridgehead atoms. The highest BCUT2D eigenvalue weighted by molar-refractivity contribution is 7.22. The maximum absolute atomic E-state index is 12.6. The lowest BCUT2D eigenvalue weighted by molar-refractivity contribution is 0.102. The molecule has 1 fully saturated rings. The molecule has 0 spiro atoms. The quantitative estimate of drug-likeness (QED) is 0.676. The summed E-state index contributed by atoms with van der Waals surface area (Å²) in [6.45, 7) is 6.00. The van der Waals surface area contributed by atoms with E-state index in [-0.39, 0.29) is 5.91 Å². The lowest BCUT2D eigenvalue weighted by Gasteiger charge is -2.28. The van der Waals surface area contributed by atoms with E-state index in [1.807, 2.05) is 42.5 Å². The number of aromatic nitrogens is 1. The van der Waals surface area contributed by atoms with Crippen LogP contribution in [0.3, 0.4) is 0 Å². The van der Waals surface area contributed by atoms with Gasteiger partial charge in [-0.2, -0.15) is 0 Å². The fourth-order valence-electron chi connectivity index (χ4n) is 3.08. The molecule has 1 saturated heterocycles. The van der Waals surface area contributed by atoms with Gasteiger partial charge in [-0.1, -0.05) is 18.3 Å². The Labute approximate surface area is 168 Å². The molecule has 0 saturated carbocycles. The average molecular weight is 398 g/mol. The summed E-state index contributed by atoms with van der Waals surface area (Å²) in [5.41, 5.74) is 2.58. The Balaban J connectivity index is 1.43. The van der Waals surface area contributed by atoms with Gasteiger partial charge in [-0.05, 0) is 48.9 Å². The van der Waals surface area contributed by atoms with Crippen LogP contribution in [-0.4, -0.2) is 43.8 Å². The van der Waals surface area contributed by atoms with Gasteiger partial charge in [-0.15, -0.1) is 0 Å². The molecular formula is C21H23N3O3S. The Bertz CT molecular complexity index is 949. The van der Waals surface area contributed by atoms with E-state index in [9.17, 15) is 4.79 Å². The highest BCUT2D eigenvalue weighted by atomic mass is 32.1. The lowest BCUT2D eigenvalue weighted by Crippen LogP contribution is -2.36. The summed E-state index contributed by atoms with van der Waals surface area (Å²) in [5.74, 6) is 0.671. The minimum atomic E-state index is -0.157. The molecule has 1 aromatic heterocycles. The number of anilines is 2. The summed E-state index contributed by atoms with van der Waals surface area (Å²) in [4.78, 5) is 19.3. The minimum Gasteiger partial charge on any atom is -0.494 e. The van der Waals surface area contributed by atoms with Gasteiger partial charge in [0.2, 0.25) is 0 Å². The van der Waals surface area contributed by atoms with Gasteiger partial charge in [0, 0.05) is 24.3 Å². The molecule has 146 valence electrons. The number of nitrogens with one attached hydrogen (secondary N) is 1. The zero-order valence-electron chi connectivity index (χ0n) is 15.8. The number of benzene rings is 2. The Morgan fingerprint density at radius 1 is 1.21 bits per heavy atom. The predicted molar refractivity (Wildman–Crippen MR) is 113 cm³/mol. The largest absolute Gasteiger partial charge is 0.494 e. The molecule has 0 radical (unpaired) electrons. The van der Waals surface area contributed by atoms with Crippen LogP contribution >= 0.6 is 11.3 Å². The standard InChI is InChI=1S/C21H23N3O3S/c1-2-11-27-17-7-8-18-19(14-17)28-21(22-18)23-20(25)15-3-5-16(6-4-15)24-9-12-26-13-10-24/h3-8,14H,2,9-13H2,1H3,(H,22,23,25). The van der Waals surface area contributed by atoms with Gasteiger partial charge in [-0.3, -0.25) is 10.1 Å². The first kappa shape index (κ1) is 18.7. The molecule has 4 rings (SSSR count). The van der Waals surface area contributed by atoms with Crippen molar-refractivity contribution in [1.82, 2.24) is 4.98 Å². The average Bonchev–Trinajstić information content (AvgIpc) is 3.14. The number of rotatable bonds is 6. The van der Waals surface area contributed by atoms with Crippen molar-refractivity contribution >= 4 is 38.3 Å². The van der Waals surface area contributed by atoms with Crippen molar-refractivity contribution in [3.05, 3.63) is 48.0 Å². The molecule has 7 heteroatoms. The number of ether oxygens (including phenoxy) is 2. The second-order valence-electron chi connectivity index (χ2n) is 6.60. The zero-order valence-corrected chi connectivity index (χ0v) is 16.6. The highest BCUT2D eigenvalue weighted by Crippen LogP contribution is 2.29. The number of carbonyl (C=O) groups is 1. The molecule has 1 amide bonds. The summed E-state index contributed by atoms with van der Waals surface area (Å²) < 4.78 is 12.0. The third-order valence-electron chi connectivity index (χ3n) is 4.56. The molecule has 1 N–H and O–H groups in total. The molecule has 28 heavy (non-hydrogen) atoms. The van der Waals surface area contributed by atoms with Crippen molar-refractivity contribution in [3.63, 3.8) is 0 Å². The Morgan fingerprint density at radius 2 is 2.00 bits per heavy atom. The first-order valence-corrected chi connectivity index (χ1v) is 10.3. The number of carbonyl (C=O) groups excluding carboxylic acids is 1. The topological polar surface area (TPSA) is 63.7 Å². The van der Waals surface area contributed by atoms with E-state index in [0.29, 0.717) is 17.3 Å². The van der Waals surface area contributed by atoms with E-state index in [1.165, 1.54) is 11.3 Å². The Hall–Kier alpha value is -2.64. The molecule has 3 aromatic rings. The first-order chi connectivity index (χ1) is 13.7. The van der Waals surface area contributed by atoms with E-state index < -0.39 is 0 Å². The fourth-order valence-corrected chi connectivity index (χ4v) is 3.97. The third-order valence-corrected chi connectivity index (χ3v) is 5.49. The van der Waals surface area contributed by atoms with Crippen LogP contribution in [-0.2, 0) is 4.74 Å².